The lowest BCUT2D eigenvalue weighted by molar-refractivity contribution is 0.0919. The quantitative estimate of drug-likeness (QED) is 0.914. The number of hydrogen-bond acceptors (Lipinski definition) is 3. The summed E-state index contributed by atoms with van der Waals surface area (Å²) >= 11 is 0. The number of rotatable bonds is 3. The van der Waals surface area contributed by atoms with Crippen molar-refractivity contribution in [3.8, 4) is 0 Å². The van der Waals surface area contributed by atoms with Crippen LogP contribution in [0.5, 0.6) is 0 Å². The molecule has 2 N–H and O–H groups in total. The van der Waals surface area contributed by atoms with Gasteiger partial charge in [-0.3, -0.25) is 14.6 Å². The van der Waals surface area contributed by atoms with E-state index in [0.29, 0.717) is 11.3 Å². The largest absolute Gasteiger partial charge is 0.347 e. The van der Waals surface area contributed by atoms with Gasteiger partial charge in [-0.1, -0.05) is 0 Å². The van der Waals surface area contributed by atoms with Crippen molar-refractivity contribution >= 4 is 17.5 Å². The highest BCUT2D eigenvalue weighted by Crippen LogP contribution is 2.11. The van der Waals surface area contributed by atoms with Gasteiger partial charge in [0.25, 0.3) is 11.8 Å². The van der Waals surface area contributed by atoms with Crippen LogP contribution < -0.4 is 10.6 Å². The summed E-state index contributed by atoms with van der Waals surface area (Å²) in [5, 5.41) is 5.42. The molecule has 2 aromatic rings. The van der Waals surface area contributed by atoms with E-state index < -0.39 is 5.91 Å². The van der Waals surface area contributed by atoms with Crippen LogP contribution in [0, 0.1) is 5.82 Å². The van der Waals surface area contributed by atoms with Gasteiger partial charge in [-0.15, -0.1) is 0 Å². The van der Waals surface area contributed by atoms with Gasteiger partial charge in [0.1, 0.15) is 11.5 Å². The summed E-state index contributed by atoms with van der Waals surface area (Å²) in [6, 6.07) is 8.34. The van der Waals surface area contributed by atoms with Gasteiger partial charge >= 0.3 is 0 Å². The Balaban J connectivity index is 2.14. The van der Waals surface area contributed by atoms with E-state index in [1.165, 1.54) is 42.6 Å². The molecule has 0 fully saturated rings. The Hall–Kier alpha value is -2.76. The van der Waals surface area contributed by atoms with Crippen LogP contribution in [0.2, 0.25) is 0 Å². The predicted octanol–water partition coefficient (Wildman–Crippen LogP) is 3.00. The van der Waals surface area contributed by atoms with Gasteiger partial charge in [-0.25, -0.2) is 4.39 Å². The normalized spacial score (nSPS) is 11.0. The third-order valence-corrected chi connectivity index (χ3v) is 2.85. The van der Waals surface area contributed by atoms with Crippen molar-refractivity contribution < 1.29 is 14.0 Å². The zero-order chi connectivity index (χ0) is 17.0. The second-order valence-corrected chi connectivity index (χ2v) is 6.09. The first kappa shape index (κ1) is 16.6. The molecule has 0 saturated carbocycles. The van der Waals surface area contributed by atoms with Crippen LogP contribution in [0.3, 0.4) is 0 Å². The summed E-state index contributed by atoms with van der Waals surface area (Å²) in [4.78, 5) is 28.2. The van der Waals surface area contributed by atoms with Crippen LogP contribution in [-0.4, -0.2) is 22.3 Å². The van der Waals surface area contributed by atoms with Gasteiger partial charge in [0, 0.05) is 23.0 Å². The highest BCUT2D eigenvalue weighted by molar-refractivity contribution is 6.04. The molecule has 0 bridgehead atoms. The molecule has 0 spiro atoms. The molecule has 120 valence electrons. The fourth-order valence-electron chi connectivity index (χ4n) is 1.84. The molecule has 0 saturated heterocycles. The Bertz CT molecular complexity index is 721. The number of carbonyl (C=O) groups is 2. The molecule has 1 heterocycles. The molecule has 2 rings (SSSR count). The number of hydrogen-bond donors (Lipinski definition) is 2. The maximum atomic E-state index is 12.9. The van der Waals surface area contributed by atoms with Gasteiger partial charge in [0.05, 0.1) is 0 Å². The van der Waals surface area contributed by atoms with Crippen LogP contribution in [0.25, 0.3) is 0 Å². The SMILES string of the molecule is CC(C)(C)NC(=O)c1ccnc(C(=O)Nc2ccc(F)cc2)c1. The average Bonchev–Trinajstić information content (AvgIpc) is 2.48. The van der Waals surface area contributed by atoms with Crippen molar-refractivity contribution in [1.29, 1.82) is 0 Å². The Morgan fingerprint density at radius 1 is 1.04 bits per heavy atom. The number of halogens is 1. The van der Waals surface area contributed by atoms with Gasteiger partial charge in [-0.2, -0.15) is 0 Å². The number of aromatic nitrogens is 1. The maximum absolute atomic E-state index is 12.9. The number of nitrogens with one attached hydrogen (secondary N) is 2. The van der Waals surface area contributed by atoms with Crippen molar-refractivity contribution in [2.45, 2.75) is 26.3 Å². The Labute approximate surface area is 133 Å². The third kappa shape index (κ3) is 4.88. The van der Waals surface area contributed by atoms with E-state index in [2.05, 4.69) is 15.6 Å². The average molecular weight is 315 g/mol. The molecule has 0 aliphatic carbocycles. The van der Waals surface area contributed by atoms with Crippen LogP contribution in [0.1, 0.15) is 41.6 Å². The standard InChI is InChI=1S/C17H18FN3O2/c1-17(2,3)21-15(22)11-8-9-19-14(10-11)16(23)20-13-6-4-12(18)5-7-13/h4-10H,1-3H3,(H,20,23)(H,21,22). The van der Waals surface area contributed by atoms with E-state index in [1.54, 1.807) is 0 Å². The predicted molar refractivity (Wildman–Crippen MR) is 85.8 cm³/mol. The first-order valence-corrected chi connectivity index (χ1v) is 7.10. The van der Waals surface area contributed by atoms with Crippen molar-refractivity contribution in [2.24, 2.45) is 0 Å². The fourth-order valence-corrected chi connectivity index (χ4v) is 1.84. The maximum Gasteiger partial charge on any atom is 0.274 e. The molecule has 1 aromatic heterocycles. The van der Waals surface area contributed by atoms with Gasteiger partial charge in [0.15, 0.2) is 0 Å². The summed E-state index contributed by atoms with van der Waals surface area (Å²) in [6.45, 7) is 5.61. The molecule has 0 atom stereocenters. The first-order chi connectivity index (χ1) is 10.7. The molecule has 6 heteroatoms. The summed E-state index contributed by atoms with van der Waals surface area (Å²) in [5.74, 6) is -1.14. The van der Waals surface area contributed by atoms with E-state index in [0.717, 1.165) is 0 Å². The molecule has 0 radical (unpaired) electrons. The van der Waals surface area contributed by atoms with Crippen LogP contribution in [-0.2, 0) is 0 Å². The molecule has 0 aliphatic heterocycles. The van der Waals surface area contributed by atoms with Crippen molar-refractivity contribution in [3.05, 3.63) is 59.7 Å². The smallest absolute Gasteiger partial charge is 0.274 e. The molecule has 2 amide bonds. The van der Waals surface area contributed by atoms with E-state index in [1.807, 2.05) is 20.8 Å². The molecule has 23 heavy (non-hydrogen) atoms. The van der Waals surface area contributed by atoms with E-state index in [4.69, 9.17) is 0 Å². The Morgan fingerprint density at radius 2 is 1.70 bits per heavy atom. The lowest BCUT2D eigenvalue weighted by Crippen LogP contribution is -2.40. The highest BCUT2D eigenvalue weighted by Gasteiger charge is 2.17. The lowest BCUT2D eigenvalue weighted by Gasteiger charge is -2.20. The zero-order valence-corrected chi connectivity index (χ0v) is 13.2. The number of amides is 2. The number of pyridine rings is 1. The van der Waals surface area contributed by atoms with Gasteiger partial charge < -0.3 is 10.6 Å². The number of anilines is 1. The summed E-state index contributed by atoms with van der Waals surface area (Å²) < 4.78 is 12.9. The molecule has 0 aliphatic rings. The molecule has 1 aromatic carbocycles. The molecular weight excluding hydrogens is 297 g/mol. The summed E-state index contributed by atoms with van der Waals surface area (Å²) in [6.07, 6.45) is 1.40. The second kappa shape index (κ2) is 6.56. The van der Waals surface area contributed by atoms with Crippen LogP contribution in [0.15, 0.2) is 42.6 Å². The van der Waals surface area contributed by atoms with Crippen molar-refractivity contribution in [1.82, 2.24) is 10.3 Å². The van der Waals surface area contributed by atoms with E-state index in [-0.39, 0.29) is 23.0 Å². The Morgan fingerprint density at radius 3 is 2.30 bits per heavy atom. The minimum absolute atomic E-state index is 0.107. The van der Waals surface area contributed by atoms with Crippen molar-refractivity contribution in [3.63, 3.8) is 0 Å². The summed E-state index contributed by atoms with van der Waals surface area (Å²) in [7, 11) is 0. The lowest BCUT2D eigenvalue weighted by atomic mass is 10.1. The zero-order valence-electron chi connectivity index (χ0n) is 13.2. The second-order valence-electron chi connectivity index (χ2n) is 6.09. The fraction of sp³-hybridized carbons (Fsp3) is 0.235. The highest BCUT2D eigenvalue weighted by atomic mass is 19.1. The monoisotopic (exact) mass is 315 g/mol. The van der Waals surface area contributed by atoms with E-state index in [9.17, 15) is 14.0 Å². The minimum atomic E-state index is -0.470. The van der Waals surface area contributed by atoms with Crippen LogP contribution in [0.4, 0.5) is 10.1 Å². The van der Waals surface area contributed by atoms with Crippen molar-refractivity contribution in [2.75, 3.05) is 5.32 Å². The number of carbonyl (C=O) groups excluding carboxylic acids is 2. The topological polar surface area (TPSA) is 71.1 Å². The first-order valence-electron chi connectivity index (χ1n) is 7.10. The molecule has 0 unspecified atom stereocenters. The summed E-state index contributed by atoms with van der Waals surface area (Å²) in [5.41, 5.74) is 0.523. The third-order valence-electron chi connectivity index (χ3n) is 2.85. The van der Waals surface area contributed by atoms with Crippen LogP contribution >= 0.6 is 0 Å². The van der Waals surface area contributed by atoms with E-state index >= 15 is 0 Å². The Kier molecular flexibility index (Phi) is 4.74. The molecular formula is C17H18FN3O2. The number of nitrogens with zero attached hydrogens (tertiary/aromatic N) is 1. The molecule has 5 nitrogen and oxygen atoms in total. The minimum Gasteiger partial charge on any atom is -0.347 e. The van der Waals surface area contributed by atoms with Gasteiger partial charge in [-0.05, 0) is 57.2 Å². The number of benzene rings is 1. The van der Waals surface area contributed by atoms with Gasteiger partial charge in [0.2, 0.25) is 0 Å².